The minimum atomic E-state index is 0.593. The minimum Gasteiger partial charge on any atom is -0.362 e. The second kappa shape index (κ2) is 3.28. The molecule has 3 heteroatoms. The van der Waals surface area contributed by atoms with E-state index >= 15 is 0 Å². The molecule has 0 aromatic carbocycles. The van der Waals surface area contributed by atoms with Crippen molar-refractivity contribution >= 4 is 16.9 Å². The van der Waals surface area contributed by atoms with Crippen molar-refractivity contribution in [3.05, 3.63) is 0 Å². The summed E-state index contributed by atoms with van der Waals surface area (Å²) in [6.45, 7) is 4.44. The van der Waals surface area contributed by atoms with Gasteiger partial charge in [0.05, 0.1) is 0 Å². The Kier molecular flexibility index (Phi) is 2.60. The van der Waals surface area contributed by atoms with Crippen LogP contribution in [0.2, 0.25) is 0 Å². The predicted molar refractivity (Wildman–Crippen MR) is 47.6 cm³/mol. The highest BCUT2D eigenvalue weighted by atomic mass is 32.2. The Bertz CT molecular complexity index is 133. The number of nitrogens with zero attached hydrogens (tertiary/aromatic N) is 1. The maximum Gasteiger partial charge on any atom is 0.156 e. The highest BCUT2D eigenvalue weighted by Crippen LogP contribution is 2.21. The van der Waals surface area contributed by atoms with E-state index in [0.717, 1.165) is 10.4 Å². The van der Waals surface area contributed by atoms with Gasteiger partial charge >= 0.3 is 0 Å². The molecular weight excluding hydrogens is 144 g/mol. The van der Waals surface area contributed by atoms with Crippen LogP contribution in [0, 0.1) is 0 Å². The van der Waals surface area contributed by atoms with Crippen LogP contribution in [0.3, 0.4) is 0 Å². The third-order valence-electron chi connectivity index (χ3n) is 1.57. The van der Waals surface area contributed by atoms with Gasteiger partial charge in [0.15, 0.2) is 5.17 Å². The number of aliphatic imine (C=N–C) groups is 1. The zero-order valence-corrected chi connectivity index (χ0v) is 7.53. The van der Waals surface area contributed by atoms with Crippen LogP contribution in [0.5, 0.6) is 0 Å². The van der Waals surface area contributed by atoms with E-state index in [9.17, 15) is 0 Å². The molecule has 1 fully saturated rings. The maximum atomic E-state index is 4.12. The summed E-state index contributed by atoms with van der Waals surface area (Å²) in [6, 6.07) is 0.593. The smallest absolute Gasteiger partial charge is 0.156 e. The molecule has 10 heavy (non-hydrogen) atoms. The monoisotopic (exact) mass is 158 g/mol. The molecule has 1 rings (SSSR count). The van der Waals surface area contributed by atoms with Crippen molar-refractivity contribution in [1.29, 1.82) is 0 Å². The zero-order valence-electron chi connectivity index (χ0n) is 6.72. The van der Waals surface area contributed by atoms with Gasteiger partial charge in [0.1, 0.15) is 0 Å². The number of thioether (sulfide) groups is 1. The topological polar surface area (TPSA) is 24.4 Å². The van der Waals surface area contributed by atoms with Gasteiger partial charge < -0.3 is 5.32 Å². The van der Waals surface area contributed by atoms with Crippen molar-refractivity contribution in [3.63, 3.8) is 0 Å². The first kappa shape index (κ1) is 7.92. The number of hydrogen-bond acceptors (Lipinski definition) is 2. The molecule has 0 aromatic heterocycles. The van der Waals surface area contributed by atoms with Gasteiger partial charge in [-0.2, -0.15) is 0 Å². The molecule has 0 amide bonds. The largest absolute Gasteiger partial charge is 0.362 e. The molecule has 0 saturated carbocycles. The van der Waals surface area contributed by atoms with Crippen LogP contribution in [-0.2, 0) is 0 Å². The molecule has 0 aliphatic carbocycles. The van der Waals surface area contributed by atoms with Crippen molar-refractivity contribution in [2.75, 3.05) is 7.05 Å². The van der Waals surface area contributed by atoms with Crippen molar-refractivity contribution < 1.29 is 0 Å². The Labute approximate surface area is 66.5 Å². The first-order valence-electron chi connectivity index (χ1n) is 3.62. The first-order chi connectivity index (χ1) is 4.72. The van der Waals surface area contributed by atoms with Gasteiger partial charge in [-0.05, 0) is 13.3 Å². The summed E-state index contributed by atoms with van der Waals surface area (Å²) in [7, 11) is 1.83. The maximum absolute atomic E-state index is 4.12. The Hall–Kier alpha value is -0.180. The van der Waals surface area contributed by atoms with E-state index < -0.39 is 0 Å². The minimum absolute atomic E-state index is 0.593. The fourth-order valence-electron chi connectivity index (χ4n) is 1.16. The summed E-state index contributed by atoms with van der Waals surface area (Å²) in [4.78, 5) is 4.12. The summed E-state index contributed by atoms with van der Waals surface area (Å²) in [5, 5.41) is 5.12. The van der Waals surface area contributed by atoms with E-state index in [4.69, 9.17) is 0 Å². The molecule has 2 unspecified atom stereocenters. The van der Waals surface area contributed by atoms with Crippen molar-refractivity contribution in [2.24, 2.45) is 4.99 Å². The van der Waals surface area contributed by atoms with Gasteiger partial charge in [-0.1, -0.05) is 18.7 Å². The van der Waals surface area contributed by atoms with Gasteiger partial charge in [0.2, 0.25) is 0 Å². The molecule has 1 aliphatic rings. The zero-order chi connectivity index (χ0) is 7.56. The number of amidine groups is 1. The number of rotatable bonds is 0. The van der Waals surface area contributed by atoms with Crippen LogP contribution in [0.15, 0.2) is 4.99 Å². The lowest BCUT2D eigenvalue weighted by molar-refractivity contribution is 0.598. The average molecular weight is 158 g/mol. The van der Waals surface area contributed by atoms with Crippen LogP contribution in [0.25, 0.3) is 0 Å². The first-order valence-corrected chi connectivity index (χ1v) is 4.50. The Morgan fingerprint density at radius 1 is 1.60 bits per heavy atom. The Morgan fingerprint density at radius 2 is 2.30 bits per heavy atom. The molecule has 0 spiro atoms. The lowest BCUT2D eigenvalue weighted by atomic mass is 10.2. The normalized spacial score (nSPS) is 37.7. The van der Waals surface area contributed by atoms with Crippen molar-refractivity contribution in [2.45, 2.75) is 31.6 Å². The molecule has 2 nitrogen and oxygen atoms in total. The summed E-state index contributed by atoms with van der Waals surface area (Å²) >= 11 is 1.83. The third kappa shape index (κ3) is 1.90. The van der Waals surface area contributed by atoms with E-state index in [2.05, 4.69) is 24.2 Å². The summed E-state index contributed by atoms with van der Waals surface area (Å²) < 4.78 is 0. The fraction of sp³-hybridized carbons (Fsp3) is 0.857. The third-order valence-corrected chi connectivity index (χ3v) is 2.69. The van der Waals surface area contributed by atoms with Crippen molar-refractivity contribution in [3.8, 4) is 0 Å². The van der Waals surface area contributed by atoms with Gasteiger partial charge in [-0.3, -0.25) is 4.99 Å². The highest BCUT2D eigenvalue weighted by Gasteiger charge is 2.18. The molecule has 1 heterocycles. The van der Waals surface area contributed by atoms with Gasteiger partial charge in [0.25, 0.3) is 0 Å². The molecule has 0 bridgehead atoms. The van der Waals surface area contributed by atoms with Crippen molar-refractivity contribution in [1.82, 2.24) is 5.32 Å². The molecule has 2 atom stereocenters. The van der Waals surface area contributed by atoms with E-state index in [1.54, 1.807) is 0 Å². The van der Waals surface area contributed by atoms with E-state index in [0.29, 0.717) is 6.04 Å². The molecular formula is C7H14N2S. The van der Waals surface area contributed by atoms with Gasteiger partial charge in [0, 0.05) is 18.3 Å². The molecule has 0 aromatic rings. The molecule has 1 N–H and O–H groups in total. The summed E-state index contributed by atoms with van der Waals surface area (Å²) in [5.74, 6) is 0. The van der Waals surface area contributed by atoms with Crippen LogP contribution < -0.4 is 5.32 Å². The highest BCUT2D eigenvalue weighted by molar-refractivity contribution is 8.14. The Morgan fingerprint density at radius 3 is 2.80 bits per heavy atom. The Balaban J connectivity index is 2.51. The lowest BCUT2D eigenvalue weighted by Gasteiger charge is -2.26. The molecule has 1 saturated heterocycles. The number of nitrogens with one attached hydrogen (secondary N) is 1. The average Bonchev–Trinajstić information content (AvgIpc) is 1.85. The summed E-state index contributed by atoms with van der Waals surface area (Å²) in [5.41, 5.74) is 0. The van der Waals surface area contributed by atoms with Crippen LogP contribution in [0.1, 0.15) is 20.3 Å². The number of hydrogen-bond donors (Lipinski definition) is 1. The van der Waals surface area contributed by atoms with E-state index in [1.165, 1.54) is 6.42 Å². The summed E-state index contributed by atoms with van der Waals surface area (Å²) in [6.07, 6.45) is 1.24. The van der Waals surface area contributed by atoms with Crippen LogP contribution >= 0.6 is 11.8 Å². The quantitative estimate of drug-likeness (QED) is 0.577. The van der Waals surface area contributed by atoms with Crippen LogP contribution in [0.4, 0.5) is 0 Å². The molecule has 58 valence electrons. The standard InChI is InChI=1S/C7H14N2S/c1-5-4-6(2)10-7(8-3)9-5/h5-6H,4H2,1-3H3,(H,8,9). The van der Waals surface area contributed by atoms with E-state index in [1.807, 2.05) is 18.8 Å². The van der Waals surface area contributed by atoms with Crippen LogP contribution in [-0.4, -0.2) is 23.5 Å². The van der Waals surface area contributed by atoms with Gasteiger partial charge in [-0.25, -0.2) is 0 Å². The van der Waals surface area contributed by atoms with Gasteiger partial charge in [-0.15, -0.1) is 0 Å². The fourth-order valence-corrected chi connectivity index (χ4v) is 2.30. The van der Waals surface area contributed by atoms with E-state index in [-0.39, 0.29) is 0 Å². The molecule has 1 aliphatic heterocycles. The predicted octanol–water partition coefficient (Wildman–Crippen LogP) is 1.48. The molecule has 0 radical (unpaired) electrons. The lowest BCUT2D eigenvalue weighted by Crippen LogP contribution is -2.38. The second-order valence-corrected chi connectivity index (χ2v) is 4.17. The SMILES string of the molecule is CN=C1NC(C)CC(C)S1. The second-order valence-electron chi connectivity index (χ2n) is 2.74.